The summed E-state index contributed by atoms with van der Waals surface area (Å²) in [5, 5.41) is 0. The van der Waals surface area contributed by atoms with Crippen molar-refractivity contribution in [3.63, 3.8) is 0 Å². The third-order valence-corrected chi connectivity index (χ3v) is 2.79. The Morgan fingerprint density at radius 1 is 1.35 bits per heavy atom. The molecule has 1 amide bonds. The summed E-state index contributed by atoms with van der Waals surface area (Å²) in [5.74, 6) is -0.0627. The van der Waals surface area contributed by atoms with Crippen LogP contribution in [-0.2, 0) is 9.53 Å². The van der Waals surface area contributed by atoms with Gasteiger partial charge in [0.25, 0.3) is 5.91 Å². The van der Waals surface area contributed by atoms with Crippen LogP contribution in [0.4, 0.5) is 11.4 Å². The monoisotopic (exact) mass is 236 g/mol. The molecule has 0 aromatic heterocycles. The fraction of sp³-hybridized carbons (Fsp3) is 0.462. The lowest BCUT2D eigenvalue weighted by Gasteiger charge is -2.30. The van der Waals surface area contributed by atoms with Crippen LogP contribution < -0.4 is 10.6 Å². The molecule has 0 aliphatic rings. The van der Waals surface area contributed by atoms with E-state index in [9.17, 15) is 4.79 Å². The van der Waals surface area contributed by atoms with Gasteiger partial charge in [0.1, 0.15) is 5.60 Å². The normalized spacial score (nSPS) is 11.3. The van der Waals surface area contributed by atoms with Crippen LogP contribution in [0.3, 0.4) is 0 Å². The van der Waals surface area contributed by atoms with Crippen molar-refractivity contribution >= 4 is 17.3 Å². The molecule has 0 heterocycles. The average molecular weight is 236 g/mol. The number of ether oxygens (including phenoxy) is 1. The van der Waals surface area contributed by atoms with Crippen molar-refractivity contribution in [1.82, 2.24) is 0 Å². The number of hydrogen-bond acceptors (Lipinski definition) is 3. The molecule has 4 heteroatoms. The minimum Gasteiger partial charge on any atom is -0.399 e. The van der Waals surface area contributed by atoms with E-state index in [1.165, 1.54) is 7.11 Å². The molecule has 4 nitrogen and oxygen atoms in total. The van der Waals surface area contributed by atoms with Crippen LogP contribution >= 0.6 is 0 Å². The van der Waals surface area contributed by atoms with Crippen molar-refractivity contribution in [3.8, 4) is 0 Å². The highest BCUT2D eigenvalue weighted by Gasteiger charge is 2.31. The zero-order valence-electron chi connectivity index (χ0n) is 10.9. The lowest BCUT2D eigenvalue weighted by atomic mass is 10.1. The van der Waals surface area contributed by atoms with E-state index in [0.29, 0.717) is 12.2 Å². The second kappa shape index (κ2) is 5.19. The van der Waals surface area contributed by atoms with Gasteiger partial charge in [0, 0.05) is 25.0 Å². The van der Waals surface area contributed by atoms with E-state index in [-0.39, 0.29) is 5.91 Å². The number of carbonyl (C=O) groups excluding carboxylic acids is 1. The highest BCUT2D eigenvalue weighted by Crippen LogP contribution is 2.21. The van der Waals surface area contributed by atoms with Crippen LogP contribution in [0.2, 0.25) is 0 Å². The number of likely N-dealkylation sites (N-methyl/N-ethyl adjacent to an activating group) is 1. The van der Waals surface area contributed by atoms with Gasteiger partial charge in [0.05, 0.1) is 0 Å². The maximum atomic E-state index is 12.3. The molecule has 0 spiro atoms. The zero-order valence-corrected chi connectivity index (χ0v) is 10.9. The first-order chi connectivity index (χ1) is 7.92. The first kappa shape index (κ1) is 13.5. The fourth-order valence-corrected chi connectivity index (χ4v) is 1.51. The molecule has 0 aliphatic heterocycles. The van der Waals surface area contributed by atoms with Crippen molar-refractivity contribution in [2.75, 3.05) is 24.3 Å². The number of rotatable bonds is 4. The van der Waals surface area contributed by atoms with Crippen LogP contribution in [-0.4, -0.2) is 25.2 Å². The zero-order chi connectivity index (χ0) is 13.1. The summed E-state index contributed by atoms with van der Waals surface area (Å²) in [6.07, 6.45) is 0. The number of nitrogen functional groups attached to an aromatic ring is 1. The number of amides is 1. The largest absolute Gasteiger partial charge is 0.399 e. The molecule has 2 N–H and O–H groups in total. The smallest absolute Gasteiger partial charge is 0.258 e. The van der Waals surface area contributed by atoms with Crippen LogP contribution in [0.15, 0.2) is 24.3 Å². The molecule has 0 radical (unpaired) electrons. The Morgan fingerprint density at radius 3 is 2.29 bits per heavy atom. The van der Waals surface area contributed by atoms with Crippen LogP contribution in [0.5, 0.6) is 0 Å². The number of hydrogen-bond donors (Lipinski definition) is 1. The highest BCUT2D eigenvalue weighted by atomic mass is 16.5. The van der Waals surface area contributed by atoms with Gasteiger partial charge in [-0.2, -0.15) is 0 Å². The second-order valence-electron chi connectivity index (χ2n) is 4.36. The topological polar surface area (TPSA) is 55.6 Å². The van der Waals surface area contributed by atoms with Crippen molar-refractivity contribution < 1.29 is 9.53 Å². The molecule has 0 unspecified atom stereocenters. The number of methoxy groups -OCH3 is 1. The molecule has 0 saturated heterocycles. The van der Waals surface area contributed by atoms with Crippen LogP contribution in [0.25, 0.3) is 0 Å². The Bertz CT molecular complexity index is 385. The third-order valence-electron chi connectivity index (χ3n) is 2.79. The predicted molar refractivity (Wildman–Crippen MR) is 70.0 cm³/mol. The summed E-state index contributed by atoms with van der Waals surface area (Å²) in [4.78, 5) is 14.0. The lowest BCUT2D eigenvalue weighted by Crippen LogP contribution is -2.46. The molecule has 1 aromatic rings. The standard InChI is InChI=1S/C13H20N2O2/c1-5-15(12(16)13(2,3)17-4)11-8-6-10(14)7-9-11/h6-9H,5,14H2,1-4H3. The summed E-state index contributed by atoms with van der Waals surface area (Å²) in [6.45, 7) is 6.04. The minimum absolute atomic E-state index is 0.0627. The lowest BCUT2D eigenvalue weighted by molar-refractivity contribution is -0.136. The molecular formula is C13H20N2O2. The van der Waals surface area contributed by atoms with E-state index in [0.717, 1.165) is 5.69 Å². The van der Waals surface area contributed by atoms with E-state index in [1.54, 1.807) is 30.9 Å². The number of anilines is 2. The molecule has 17 heavy (non-hydrogen) atoms. The quantitative estimate of drug-likeness (QED) is 0.814. The molecule has 1 aromatic carbocycles. The summed E-state index contributed by atoms with van der Waals surface area (Å²) < 4.78 is 5.21. The average Bonchev–Trinajstić information content (AvgIpc) is 2.32. The maximum Gasteiger partial charge on any atom is 0.258 e. The molecule has 0 saturated carbocycles. The Kier molecular flexibility index (Phi) is 4.12. The predicted octanol–water partition coefficient (Wildman–Crippen LogP) is 2.05. The first-order valence-corrected chi connectivity index (χ1v) is 5.65. The minimum atomic E-state index is -0.822. The van der Waals surface area contributed by atoms with E-state index < -0.39 is 5.60 Å². The number of nitrogens with zero attached hydrogens (tertiary/aromatic N) is 1. The molecule has 1 rings (SSSR count). The Balaban J connectivity index is 3.00. The van der Waals surface area contributed by atoms with E-state index >= 15 is 0 Å². The summed E-state index contributed by atoms with van der Waals surface area (Å²) in [7, 11) is 1.54. The van der Waals surface area contributed by atoms with Gasteiger partial charge in [0.15, 0.2) is 0 Å². The fourth-order valence-electron chi connectivity index (χ4n) is 1.51. The molecule has 94 valence electrons. The molecule has 0 atom stereocenters. The first-order valence-electron chi connectivity index (χ1n) is 5.65. The van der Waals surface area contributed by atoms with Crippen molar-refractivity contribution in [1.29, 1.82) is 0 Å². The summed E-state index contributed by atoms with van der Waals surface area (Å²) in [5.41, 5.74) is 6.32. The Labute approximate surface area is 102 Å². The van der Waals surface area contributed by atoms with Crippen LogP contribution in [0, 0.1) is 0 Å². The summed E-state index contributed by atoms with van der Waals surface area (Å²) >= 11 is 0. The molecule has 0 fully saturated rings. The maximum absolute atomic E-state index is 12.3. The van der Waals surface area contributed by atoms with E-state index in [2.05, 4.69) is 0 Å². The van der Waals surface area contributed by atoms with Crippen molar-refractivity contribution in [2.45, 2.75) is 26.4 Å². The highest BCUT2D eigenvalue weighted by molar-refractivity contribution is 5.99. The van der Waals surface area contributed by atoms with Gasteiger partial charge in [-0.1, -0.05) is 0 Å². The molecular weight excluding hydrogens is 216 g/mol. The van der Waals surface area contributed by atoms with E-state index in [4.69, 9.17) is 10.5 Å². The SMILES string of the molecule is CCN(C(=O)C(C)(C)OC)c1ccc(N)cc1. The number of benzene rings is 1. The molecule has 0 aliphatic carbocycles. The number of nitrogens with two attached hydrogens (primary N) is 1. The Hall–Kier alpha value is -1.55. The molecule has 0 bridgehead atoms. The van der Waals surface area contributed by atoms with Gasteiger partial charge in [-0.15, -0.1) is 0 Å². The van der Waals surface area contributed by atoms with Crippen molar-refractivity contribution in [3.05, 3.63) is 24.3 Å². The van der Waals surface area contributed by atoms with Gasteiger partial charge in [-0.3, -0.25) is 4.79 Å². The van der Waals surface area contributed by atoms with Gasteiger partial charge in [-0.05, 0) is 45.0 Å². The van der Waals surface area contributed by atoms with Gasteiger partial charge >= 0.3 is 0 Å². The van der Waals surface area contributed by atoms with Crippen molar-refractivity contribution in [2.24, 2.45) is 0 Å². The van der Waals surface area contributed by atoms with Gasteiger partial charge in [0.2, 0.25) is 0 Å². The second-order valence-corrected chi connectivity index (χ2v) is 4.36. The van der Waals surface area contributed by atoms with E-state index in [1.807, 2.05) is 19.1 Å². The Morgan fingerprint density at radius 2 is 1.88 bits per heavy atom. The van der Waals surface area contributed by atoms with Gasteiger partial charge < -0.3 is 15.4 Å². The number of carbonyl (C=O) groups is 1. The van der Waals surface area contributed by atoms with Gasteiger partial charge in [-0.25, -0.2) is 0 Å². The van der Waals surface area contributed by atoms with Crippen LogP contribution in [0.1, 0.15) is 20.8 Å². The third kappa shape index (κ3) is 2.97. The summed E-state index contributed by atoms with van der Waals surface area (Å²) in [6, 6.07) is 7.24.